The topological polar surface area (TPSA) is 66.6 Å². The molecule has 0 saturated heterocycles. The first-order chi connectivity index (χ1) is 12.8. The van der Waals surface area contributed by atoms with E-state index in [4.69, 9.17) is 5.73 Å². The van der Waals surface area contributed by atoms with Crippen LogP contribution in [-0.2, 0) is 9.59 Å². The predicted molar refractivity (Wildman–Crippen MR) is 106 cm³/mol. The predicted octanol–water partition coefficient (Wildman–Crippen LogP) is 2.68. The number of carbonyl (C=O) groups excluding carboxylic acids is 2. The number of hydrogen-bond donors (Lipinski definition) is 1. The van der Waals surface area contributed by atoms with Crippen molar-refractivity contribution >= 4 is 23.1 Å². The number of halogens is 1. The summed E-state index contributed by atoms with van der Waals surface area (Å²) in [6, 6.07) is 14.5. The Morgan fingerprint density at radius 3 is 2.07 bits per heavy atom. The van der Waals surface area contributed by atoms with E-state index in [2.05, 4.69) is 0 Å². The van der Waals surface area contributed by atoms with Crippen molar-refractivity contribution in [3.8, 4) is 0 Å². The summed E-state index contributed by atoms with van der Waals surface area (Å²) in [5.74, 6) is -1.32. The van der Waals surface area contributed by atoms with Crippen molar-refractivity contribution in [1.82, 2.24) is 4.90 Å². The number of nitrogens with zero attached hydrogens (tertiary/aromatic N) is 2. The van der Waals surface area contributed by atoms with Gasteiger partial charge in [-0.1, -0.05) is 30.3 Å². The second-order valence-corrected chi connectivity index (χ2v) is 6.45. The number of carbonyl (C=O) groups is 2. The van der Waals surface area contributed by atoms with Crippen LogP contribution in [0.15, 0.2) is 60.2 Å². The lowest BCUT2D eigenvalue weighted by atomic mass is 10.0. The number of likely N-dealkylation sites (N-methyl/N-ethyl adjacent to an activating group) is 1. The highest BCUT2D eigenvalue weighted by atomic mass is 19.1. The average molecular weight is 369 g/mol. The van der Waals surface area contributed by atoms with Crippen LogP contribution >= 0.6 is 0 Å². The zero-order valence-corrected chi connectivity index (χ0v) is 15.8. The number of rotatable bonds is 7. The van der Waals surface area contributed by atoms with Gasteiger partial charge in [-0.15, -0.1) is 0 Å². The molecular formula is C21H24FN3O2. The van der Waals surface area contributed by atoms with Crippen molar-refractivity contribution in [2.45, 2.75) is 6.92 Å². The summed E-state index contributed by atoms with van der Waals surface area (Å²) in [4.78, 5) is 28.9. The molecule has 0 aliphatic heterocycles. The molecule has 0 atom stereocenters. The molecule has 0 radical (unpaired) electrons. The van der Waals surface area contributed by atoms with Crippen LogP contribution in [0.1, 0.15) is 12.5 Å². The molecule has 0 aliphatic rings. The number of ketones is 1. The van der Waals surface area contributed by atoms with Gasteiger partial charge < -0.3 is 15.5 Å². The number of hydrogen-bond acceptors (Lipinski definition) is 4. The fourth-order valence-corrected chi connectivity index (χ4v) is 2.62. The Morgan fingerprint density at radius 1 is 0.963 bits per heavy atom. The van der Waals surface area contributed by atoms with Crippen molar-refractivity contribution in [3.63, 3.8) is 0 Å². The van der Waals surface area contributed by atoms with Crippen molar-refractivity contribution in [2.75, 3.05) is 32.1 Å². The Hall–Kier alpha value is -2.99. The molecule has 0 heterocycles. The van der Waals surface area contributed by atoms with Gasteiger partial charge in [0, 0.05) is 18.8 Å². The van der Waals surface area contributed by atoms with E-state index in [0.29, 0.717) is 24.3 Å². The summed E-state index contributed by atoms with van der Waals surface area (Å²) in [6.45, 7) is 2.22. The van der Waals surface area contributed by atoms with Gasteiger partial charge in [-0.2, -0.15) is 0 Å². The van der Waals surface area contributed by atoms with E-state index in [9.17, 15) is 14.0 Å². The second-order valence-electron chi connectivity index (χ2n) is 6.45. The van der Waals surface area contributed by atoms with Crippen molar-refractivity contribution in [2.24, 2.45) is 5.73 Å². The normalized spacial score (nSPS) is 11.9. The molecule has 27 heavy (non-hydrogen) atoms. The van der Waals surface area contributed by atoms with Crippen LogP contribution in [-0.4, -0.2) is 43.8 Å². The summed E-state index contributed by atoms with van der Waals surface area (Å²) in [6.07, 6.45) is 0. The molecule has 2 rings (SSSR count). The maximum atomic E-state index is 13.3. The maximum absolute atomic E-state index is 13.3. The van der Waals surface area contributed by atoms with Crippen LogP contribution in [0.4, 0.5) is 10.1 Å². The van der Waals surface area contributed by atoms with Gasteiger partial charge in [0.25, 0.3) is 5.91 Å². The molecule has 6 heteroatoms. The Bertz CT molecular complexity index is 830. The molecule has 0 unspecified atom stereocenters. The summed E-state index contributed by atoms with van der Waals surface area (Å²) >= 11 is 0. The SMILES string of the molecule is CC(=O)C(C(=O)N(CCN(C)C)c1ccc(F)cc1)=C(N)c1ccccc1. The van der Waals surface area contributed by atoms with Gasteiger partial charge in [0.05, 0.1) is 5.70 Å². The van der Waals surface area contributed by atoms with Crippen molar-refractivity contribution in [3.05, 3.63) is 71.6 Å². The largest absolute Gasteiger partial charge is 0.397 e. The minimum atomic E-state index is -0.502. The lowest BCUT2D eigenvalue weighted by Gasteiger charge is -2.26. The van der Waals surface area contributed by atoms with Gasteiger partial charge in [-0.25, -0.2) is 4.39 Å². The summed E-state index contributed by atoms with van der Waals surface area (Å²) in [5.41, 5.74) is 7.33. The van der Waals surface area contributed by atoms with Crippen LogP contribution in [0, 0.1) is 5.82 Å². The third-order valence-corrected chi connectivity index (χ3v) is 4.07. The van der Waals surface area contributed by atoms with Crippen LogP contribution < -0.4 is 10.6 Å². The first-order valence-corrected chi connectivity index (χ1v) is 8.59. The third kappa shape index (κ3) is 5.24. The molecular weight excluding hydrogens is 345 g/mol. The Kier molecular flexibility index (Phi) is 6.85. The lowest BCUT2D eigenvalue weighted by Crippen LogP contribution is -2.39. The highest BCUT2D eigenvalue weighted by Gasteiger charge is 2.26. The zero-order chi connectivity index (χ0) is 20.0. The van der Waals surface area contributed by atoms with Gasteiger partial charge in [-0.3, -0.25) is 9.59 Å². The highest BCUT2D eigenvalue weighted by molar-refractivity contribution is 6.27. The summed E-state index contributed by atoms with van der Waals surface area (Å²) < 4.78 is 13.3. The quantitative estimate of drug-likeness (QED) is 0.463. The van der Waals surface area contributed by atoms with E-state index >= 15 is 0 Å². The van der Waals surface area contributed by atoms with Crippen LogP contribution in [0.3, 0.4) is 0 Å². The average Bonchev–Trinajstić information content (AvgIpc) is 2.63. The number of anilines is 1. The standard InChI is InChI=1S/C21H24FN3O2/c1-15(26)19(20(23)16-7-5-4-6-8-16)21(27)25(14-13-24(2)3)18-11-9-17(22)10-12-18/h4-12H,13-14,23H2,1-3H3. The molecule has 0 spiro atoms. The first-order valence-electron chi connectivity index (χ1n) is 8.59. The van der Waals surface area contributed by atoms with Crippen molar-refractivity contribution < 1.29 is 14.0 Å². The highest BCUT2D eigenvalue weighted by Crippen LogP contribution is 2.21. The first kappa shape index (κ1) is 20.3. The van der Waals surface area contributed by atoms with E-state index in [-0.39, 0.29) is 11.3 Å². The number of Topliss-reactive ketones (excluding diaryl/α,β-unsaturated/α-hetero) is 1. The fourth-order valence-electron chi connectivity index (χ4n) is 2.62. The monoisotopic (exact) mass is 369 g/mol. The number of benzene rings is 2. The minimum absolute atomic E-state index is 0.0794. The smallest absolute Gasteiger partial charge is 0.264 e. The van der Waals surface area contributed by atoms with Crippen LogP contribution in [0.25, 0.3) is 5.70 Å². The van der Waals surface area contributed by atoms with Gasteiger partial charge in [0.1, 0.15) is 11.4 Å². The maximum Gasteiger partial charge on any atom is 0.264 e. The molecule has 0 aliphatic carbocycles. The Morgan fingerprint density at radius 2 is 1.56 bits per heavy atom. The summed E-state index contributed by atoms with van der Waals surface area (Å²) in [7, 11) is 3.76. The van der Waals surface area contributed by atoms with Crippen LogP contribution in [0.5, 0.6) is 0 Å². The Balaban J connectivity index is 2.49. The molecule has 0 aromatic heterocycles. The lowest BCUT2D eigenvalue weighted by molar-refractivity contribution is -0.120. The Labute approximate surface area is 158 Å². The summed E-state index contributed by atoms with van der Waals surface area (Å²) in [5, 5.41) is 0. The molecule has 2 aromatic carbocycles. The van der Waals surface area contributed by atoms with Gasteiger partial charge >= 0.3 is 0 Å². The van der Waals surface area contributed by atoms with E-state index < -0.39 is 17.5 Å². The molecule has 142 valence electrons. The van der Waals surface area contributed by atoms with E-state index in [1.807, 2.05) is 25.1 Å². The second kappa shape index (κ2) is 9.09. The molecule has 2 aromatic rings. The zero-order valence-electron chi connectivity index (χ0n) is 15.8. The van der Waals surface area contributed by atoms with E-state index in [1.165, 1.54) is 36.1 Å². The fraction of sp³-hybridized carbons (Fsp3) is 0.238. The minimum Gasteiger partial charge on any atom is -0.397 e. The van der Waals surface area contributed by atoms with Gasteiger partial charge in [0.2, 0.25) is 0 Å². The van der Waals surface area contributed by atoms with E-state index in [0.717, 1.165) is 0 Å². The third-order valence-electron chi connectivity index (χ3n) is 4.07. The molecule has 0 bridgehead atoms. The van der Waals surface area contributed by atoms with Crippen LogP contribution in [0.2, 0.25) is 0 Å². The molecule has 1 amide bonds. The van der Waals surface area contributed by atoms with E-state index in [1.54, 1.807) is 24.3 Å². The number of nitrogens with two attached hydrogens (primary N) is 1. The molecule has 0 saturated carbocycles. The number of amides is 1. The molecule has 2 N–H and O–H groups in total. The molecule has 5 nitrogen and oxygen atoms in total. The van der Waals surface area contributed by atoms with Gasteiger partial charge in [-0.05, 0) is 50.8 Å². The van der Waals surface area contributed by atoms with Gasteiger partial charge in [0.15, 0.2) is 5.78 Å². The van der Waals surface area contributed by atoms with Crippen molar-refractivity contribution in [1.29, 1.82) is 0 Å². The molecule has 0 fully saturated rings.